The summed E-state index contributed by atoms with van der Waals surface area (Å²) in [6, 6.07) is 8.54. The zero-order chi connectivity index (χ0) is 16.1. The summed E-state index contributed by atoms with van der Waals surface area (Å²) in [6.45, 7) is 0.159. The maximum Gasteiger partial charge on any atom is 0.328 e. The molecule has 112 valence electrons. The molecule has 0 saturated heterocycles. The fourth-order valence-corrected chi connectivity index (χ4v) is 1.83. The predicted octanol–water partition coefficient (Wildman–Crippen LogP) is 3.41. The zero-order valence-corrected chi connectivity index (χ0v) is 11.2. The molecule has 0 bridgehead atoms. The fourth-order valence-electron chi connectivity index (χ4n) is 1.83. The first kappa shape index (κ1) is 15.3. The van der Waals surface area contributed by atoms with Crippen LogP contribution in [-0.2, 0) is 6.54 Å². The van der Waals surface area contributed by atoms with Gasteiger partial charge in [0.25, 0.3) is 6.43 Å². The number of hydrogen-bond acceptors (Lipinski definition) is 5. The Morgan fingerprint density at radius 3 is 2.55 bits per heavy atom. The first-order valence-corrected chi connectivity index (χ1v) is 6.17. The number of nitro groups is 1. The molecule has 1 aromatic heterocycles. The van der Waals surface area contributed by atoms with Crippen LogP contribution >= 0.6 is 0 Å². The van der Waals surface area contributed by atoms with E-state index in [4.69, 9.17) is 5.26 Å². The lowest BCUT2D eigenvalue weighted by molar-refractivity contribution is -0.384. The Kier molecular flexibility index (Phi) is 4.58. The maximum atomic E-state index is 12.4. The summed E-state index contributed by atoms with van der Waals surface area (Å²) >= 11 is 0. The van der Waals surface area contributed by atoms with Crippen LogP contribution in [0.4, 0.5) is 20.3 Å². The third-order valence-corrected chi connectivity index (χ3v) is 2.92. The number of aromatic nitrogens is 1. The molecule has 0 aliphatic carbocycles. The summed E-state index contributed by atoms with van der Waals surface area (Å²) in [5, 5.41) is 22.6. The first-order chi connectivity index (χ1) is 10.5. The topological polar surface area (TPSA) is 91.8 Å². The van der Waals surface area contributed by atoms with Crippen molar-refractivity contribution in [3.8, 4) is 6.07 Å². The molecule has 1 N–H and O–H groups in total. The van der Waals surface area contributed by atoms with E-state index >= 15 is 0 Å². The van der Waals surface area contributed by atoms with Crippen LogP contribution < -0.4 is 5.32 Å². The average Bonchev–Trinajstić information content (AvgIpc) is 2.52. The van der Waals surface area contributed by atoms with E-state index in [1.54, 1.807) is 6.07 Å². The predicted molar refractivity (Wildman–Crippen MR) is 74.3 cm³/mol. The highest BCUT2D eigenvalue weighted by molar-refractivity contribution is 5.64. The highest BCUT2D eigenvalue weighted by Gasteiger charge is 2.20. The number of benzene rings is 1. The third kappa shape index (κ3) is 3.32. The van der Waals surface area contributed by atoms with Gasteiger partial charge in [-0.3, -0.25) is 10.1 Å². The Morgan fingerprint density at radius 1 is 1.32 bits per heavy atom. The van der Waals surface area contributed by atoms with Gasteiger partial charge in [0.2, 0.25) is 5.82 Å². The van der Waals surface area contributed by atoms with Gasteiger partial charge in [-0.05, 0) is 11.6 Å². The number of anilines is 1. The monoisotopic (exact) mass is 304 g/mol. The molecule has 0 aliphatic heterocycles. The van der Waals surface area contributed by atoms with Crippen LogP contribution in [0, 0.1) is 21.4 Å². The van der Waals surface area contributed by atoms with E-state index in [2.05, 4.69) is 10.3 Å². The second kappa shape index (κ2) is 6.58. The Bertz CT molecular complexity index is 727. The Hall–Kier alpha value is -3.08. The van der Waals surface area contributed by atoms with E-state index in [-0.39, 0.29) is 23.5 Å². The fraction of sp³-hybridized carbons (Fsp3) is 0.143. The largest absolute Gasteiger partial charge is 0.360 e. The van der Waals surface area contributed by atoms with Crippen LogP contribution in [-0.4, -0.2) is 9.91 Å². The SMILES string of the molecule is N#Cc1ccnc(NCc2ccc(C(F)F)cc2)c1[N+](=O)[O-]. The molecule has 0 unspecified atom stereocenters. The van der Waals surface area contributed by atoms with E-state index in [0.717, 1.165) is 0 Å². The Morgan fingerprint density at radius 2 is 2.00 bits per heavy atom. The third-order valence-electron chi connectivity index (χ3n) is 2.92. The molecule has 1 heterocycles. The minimum Gasteiger partial charge on any atom is -0.360 e. The highest BCUT2D eigenvalue weighted by atomic mass is 19.3. The smallest absolute Gasteiger partial charge is 0.328 e. The normalized spacial score (nSPS) is 10.3. The molecule has 0 atom stereocenters. The van der Waals surface area contributed by atoms with Gasteiger partial charge < -0.3 is 5.32 Å². The van der Waals surface area contributed by atoms with Gasteiger partial charge in [0.15, 0.2) is 0 Å². The van der Waals surface area contributed by atoms with Gasteiger partial charge in [0.1, 0.15) is 11.6 Å². The van der Waals surface area contributed by atoms with Crippen LogP contribution in [0.15, 0.2) is 36.5 Å². The van der Waals surface area contributed by atoms with E-state index in [1.165, 1.54) is 36.5 Å². The summed E-state index contributed by atoms with van der Waals surface area (Å²) < 4.78 is 24.9. The van der Waals surface area contributed by atoms with Gasteiger partial charge in [0, 0.05) is 18.3 Å². The molecule has 0 amide bonds. The van der Waals surface area contributed by atoms with Crippen LogP contribution in [0.1, 0.15) is 23.1 Å². The highest BCUT2D eigenvalue weighted by Crippen LogP contribution is 2.26. The Labute approximate surface area is 124 Å². The van der Waals surface area contributed by atoms with Crippen molar-refractivity contribution in [3.63, 3.8) is 0 Å². The van der Waals surface area contributed by atoms with Crippen molar-refractivity contribution in [1.29, 1.82) is 5.26 Å². The van der Waals surface area contributed by atoms with E-state index in [9.17, 15) is 18.9 Å². The summed E-state index contributed by atoms with van der Waals surface area (Å²) in [5.41, 5.74) is 0.0481. The molecule has 8 heteroatoms. The van der Waals surface area contributed by atoms with Crippen molar-refractivity contribution in [3.05, 3.63) is 63.3 Å². The van der Waals surface area contributed by atoms with E-state index < -0.39 is 17.0 Å². The van der Waals surface area contributed by atoms with Crippen molar-refractivity contribution >= 4 is 11.5 Å². The lowest BCUT2D eigenvalue weighted by Gasteiger charge is -2.07. The molecule has 22 heavy (non-hydrogen) atoms. The number of hydrogen-bond donors (Lipinski definition) is 1. The van der Waals surface area contributed by atoms with Crippen LogP contribution in [0.5, 0.6) is 0 Å². The molecular formula is C14H10F2N4O2. The number of nitrogens with zero attached hydrogens (tertiary/aromatic N) is 3. The molecule has 0 spiro atoms. The van der Waals surface area contributed by atoms with Crippen molar-refractivity contribution in [2.75, 3.05) is 5.32 Å². The lowest BCUT2D eigenvalue weighted by atomic mass is 10.1. The van der Waals surface area contributed by atoms with Crippen molar-refractivity contribution < 1.29 is 13.7 Å². The molecular weight excluding hydrogens is 294 g/mol. The number of halogens is 2. The lowest BCUT2D eigenvalue weighted by Crippen LogP contribution is -2.06. The number of nitrogens with one attached hydrogen (secondary N) is 1. The van der Waals surface area contributed by atoms with Crippen LogP contribution in [0.2, 0.25) is 0 Å². The van der Waals surface area contributed by atoms with Crippen molar-refractivity contribution in [2.24, 2.45) is 0 Å². The van der Waals surface area contributed by atoms with Gasteiger partial charge in [-0.15, -0.1) is 0 Å². The van der Waals surface area contributed by atoms with Crippen LogP contribution in [0.25, 0.3) is 0 Å². The summed E-state index contributed by atoms with van der Waals surface area (Å²) in [4.78, 5) is 14.2. The molecule has 0 fully saturated rings. The molecule has 0 radical (unpaired) electrons. The van der Waals surface area contributed by atoms with Gasteiger partial charge in [-0.2, -0.15) is 5.26 Å². The molecule has 0 saturated carbocycles. The summed E-state index contributed by atoms with van der Waals surface area (Å²) in [7, 11) is 0. The van der Waals surface area contributed by atoms with Gasteiger partial charge in [0.05, 0.1) is 4.92 Å². The maximum absolute atomic E-state index is 12.4. The Balaban J connectivity index is 2.18. The number of rotatable bonds is 5. The van der Waals surface area contributed by atoms with Crippen molar-refractivity contribution in [2.45, 2.75) is 13.0 Å². The molecule has 1 aromatic carbocycles. The number of pyridine rings is 1. The first-order valence-electron chi connectivity index (χ1n) is 6.17. The average molecular weight is 304 g/mol. The van der Waals surface area contributed by atoms with Crippen LogP contribution in [0.3, 0.4) is 0 Å². The van der Waals surface area contributed by atoms with Crippen molar-refractivity contribution in [1.82, 2.24) is 4.98 Å². The quantitative estimate of drug-likeness (QED) is 0.675. The molecule has 6 nitrogen and oxygen atoms in total. The summed E-state index contributed by atoms with van der Waals surface area (Å²) in [5.74, 6) is -0.0398. The van der Waals surface area contributed by atoms with E-state index in [1.807, 2.05) is 0 Å². The van der Waals surface area contributed by atoms with Gasteiger partial charge in [-0.1, -0.05) is 24.3 Å². The minimum absolute atomic E-state index is 0.0398. The second-order valence-electron chi connectivity index (χ2n) is 4.32. The minimum atomic E-state index is -2.54. The standard InChI is InChI=1S/C14H10F2N4O2/c15-13(16)10-3-1-9(2-4-10)8-19-14-12(20(21)22)11(7-17)5-6-18-14/h1-6,13H,8H2,(H,18,19). The zero-order valence-electron chi connectivity index (χ0n) is 11.2. The molecule has 2 rings (SSSR count). The molecule has 0 aliphatic rings. The van der Waals surface area contributed by atoms with E-state index in [0.29, 0.717) is 5.56 Å². The van der Waals surface area contributed by atoms with Gasteiger partial charge >= 0.3 is 5.69 Å². The number of nitriles is 1. The second-order valence-corrected chi connectivity index (χ2v) is 4.32. The van der Waals surface area contributed by atoms with Gasteiger partial charge in [-0.25, -0.2) is 13.8 Å². The molecule has 2 aromatic rings. The number of alkyl halides is 2. The summed E-state index contributed by atoms with van der Waals surface area (Å²) in [6.07, 6.45) is -1.26.